The van der Waals surface area contributed by atoms with Crippen molar-refractivity contribution in [3.8, 4) is 5.75 Å². The van der Waals surface area contributed by atoms with Crippen LogP contribution in [0.2, 0.25) is 0 Å². The zero-order chi connectivity index (χ0) is 20.9. The van der Waals surface area contributed by atoms with Gasteiger partial charge in [-0.05, 0) is 25.5 Å². The van der Waals surface area contributed by atoms with Gasteiger partial charge < -0.3 is 9.64 Å². The first-order valence-corrected chi connectivity index (χ1v) is 10.2. The van der Waals surface area contributed by atoms with Gasteiger partial charge in [-0.1, -0.05) is 18.2 Å². The normalized spacial score (nSPS) is 17.7. The molecule has 1 amide bonds. The number of hydrogen-bond acceptors (Lipinski definition) is 6. The summed E-state index contributed by atoms with van der Waals surface area (Å²) >= 11 is 0. The minimum Gasteiger partial charge on any atom is -0.492 e. The topological polar surface area (TPSA) is 92.2 Å². The standard InChI is InChI=1S/C21H27N7O2/c1-16-23-20(25-24-16)19-8-9-27(12-13-30-18-6-4-3-5-7-18)10-11-28(19)21(29)17-14-22-26(2)15-17/h3-7,14-15,19H,8-13H2,1-2H3,(H,23,24,25). The van der Waals surface area contributed by atoms with Gasteiger partial charge in [-0.3, -0.25) is 19.5 Å². The number of amides is 1. The van der Waals surface area contributed by atoms with Crippen LogP contribution in [0.4, 0.5) is 0 Å². The van der Waals surface area contributed by atoms with Gasteiger partial charge in [0.2, 0.25) is 0 Å². The zero-order valence-corrected chi connectivity index (χ0v) is 17.4. The van der Waals surface area contributed by atoms with Crippen LogP contribution in [0.15, 0.2) is 42.7 Å². The highest BCUT2D eigenvalue weighted by molar-refractivity contribution is 5.94. The highest BCUT2D eigenvalue weighted by Gasteiger charge is 2.32. The molecule has 1 unspecified atom stereocenters. The van der Waals surface area contributed by atoms with Crippen molar-refractivity contribution in [2.24, 2.45) is 7.05 Å². The van der Waals surface area contributed by atoms with Crippen LogP contribution in [0.5, 0.6) is 5.75 Å². The third-order valence-electron chi connectivity index (χ3n) is 5.30. The van der Waals surface area contributed by atoms with Gasteiger partial charge in [0.1, 0.15) is 18.2 Å². The predicted octanol–water partition coefficient (Wildman–Crippen LogP) is 1.81. The second-order valence-corrected chi connectivity index (χ2v) is 7.49. The van der Waals surface area contributed by atoms with E-state index in [1.54, 1.807) is 17.1 Å². The number of aromatic amines is 1. The summed E-state index contributed by atoms with van der Waals surface area (Å²) in [5.74, 6) is 2.23. The van der Waals surface area contributed by atoms with Gasteiger partial charge >= 0.3 is 0 Å². The van der Waals surface area contributed by atoms with E-state index >= 15 is 0 Å². The van der Waals surface area contributed by atoms with E-state index in [-0.39, 0.29) is 11.9 Å². The van der Waals surface area contributed by atoms with Gasteiger partial charge in [0, 0.05) is 39.4 Å². The maximum absolute atomic E-state index is 13.2. The lowest BCUT2D eigenvalue weighted by molar-refractivity contribution is 0.0677. The van der Waals surface area contributed by atoms with Crippen LogP contribution in [-0.2, 0) is 7.05 Å². The van der Waals surface area contributed by atoms with Crippen molar-refractivity contribution in [3.05, 3.63) is 59.9 Å². The fourth-order valence-electron chi connectivity index (χ4n) is 3.73. The Labute approximate surface area is 175 Å². The first kappa shape index (κ1) is 20.1. The average molecular weight is 409 g/mol. The molecule has 1 atom stereocenters. The van der Waals surface area contributed by atoms with E-state index in [0.717, 1.165) is 37.6 Å². The number of aryl methyl sites for hydroxylation is 2. The molecule has 1 fully saturated rings. The third kappa shape index (κ3) is 4.68. The van der Waals surface area contributed by atoms with E-state index in [1.807, 2.05) is 49.2 Å². The maximum Gasteiger partial charge on any atom is 0.257 e. The molecule has 1 N–H and O–H groups in total. The Morgan fingerprint density at radius 2 is 2.07 bits per heavy atom. The molecule has 4 rings (SSSR count). The Morgan fingerprint density at radius 1 is 1.23 bits per heavy atom. The minimum absolute atomic E-state index is 0.0436. The summed E-state index contributed by atoms with van der Waals surface area (Å²) in [5.41, 5.74) is 0.579. The summed E-state index contributed by atoms with van der Waals surface area (Å²) in [7, 11) is 1.81. The molecule has 9 heteroatoms. The average Bonchev–Trinajstić information content (AvgIpc) is 3.32. The van der Waals surface area contributed by atoms with E-state index in [1.165, 1.54) is 0 Å². The van der Waals surface area contributed by atoms with Crippen LogP contribution < -0.4 is 4.74 Å². The number of para-hydroxylation sites is 1. The van der Waals surface area contributed by atoms with Crippen molar-refractivity contribution in [1.29, 1.82) is 0 Å². The van der Waals surface area contributed by atoms with Crippen molar-refractivity contribution in [3.63, 3.8) is 0 Å². The predicted molar refractivity (Wildman–Crippen MR) is 111 cm³/mol. The summed E-state index contributed by atoms with van der Waals surface area (Å²) < 4.78 is 7.49. The summed E-state index contributed by atoms with van der Waals surface area (Å²) in [6.07, 6.45) is 4.12. The van der Waals surface area contributed by atoms with Gasteiger partial charge in [0.25, 0.3) is 5.91 Å². The van der Waals surface area contributed by atoms with E-state index in [4.69, 9.17) is 4.74 Å². The number of nitrogens with zero attached hydrogens (tertiary/aromatic N) is 6. The largest absolute Gasteiger partial charge is 0.492 e. The number of benzene rings is 1. The first-order valence-electron chi connectivity index (χ1n) is 10.2. The van der Waals surface area contributed by atoms with Crippen LogP contribution in [0.25, 0.3) is 0 Å². The lowest BCUT2D eigenvalue weighted by Crippen LogP contribution is -2.38. The molecule has 9 nitrogen and oxygen atoms in total. The summed E-state index contributed by atoms with van der Waals surface area (Å²) in [4.78, 5) is 21.9. The van der Waals surface area contributed by atoms with Crippen LogP contribution in [0, 0.1) is 6.92 Å². The molecule has 1 aliphatic rings. The van der Waals surface area contributed by atoms with Gasteiger partial charge in [-0.2, -0.15) is 10.2 Å². The Hall–Kier alpha value is -3.20. The van der Waals surface area contributed by atoms with Crippen molar-refractivity contribution >= 4 is 5.91 Å². The number of H-pyrrole nitrogens is 1. The smallest absolute Gasteiger partial charge is 0.257 e. The van der Waals surface area contributed by atoms with Crippen LogP contribution in [0.3, 0.4) is 0 Å². The molecule has 158 valence electrons. The third-order valence-corrected chi connectivity index (χ3v) is 5.30. The monoisotopic (exact) mass is 409 g/mol. The quantitative estimate of drug-likeness (QED) is 0.668. The Bertz CT molecular complexity index is 969. The van der Waals surface area contributed by atoms with Crippen molar-refractivity contribution in [2.75, 3.05) is 32.8 Å². The van der Waals surface area contributed by atoms with Gasteiger partial charge in [0.15, 0.2) is 5.82 Å². The lowest BCUT2D eigenvalue weighted by Gasteiger charge is -2.27. The van der Waals surface area contributed by atoms with E-state index in [9.17, 15) is 4.79 Å². The van der Waals surface area contributed by atoms with E-state index < -0.39 is 0 Å². The second kappa shape index (κ2) is 9.08. The number of ether oxygens (including phenoxy) is 1. The number of aromatic nitrogens is 5. The summed E-state index contributed by atoms with van der Waals surface area (Å²) in [6.45, 7) is 5.47. The van der Waals surface area contributed by atoms with E-state index in [0.29, 0.717) is 24.5 Å². The van der Waals surface area contributed by atoms with E-state index in [2.05, 4.69) is 25.2 Å². The highest BCUT2D eigenvalue weighted by Crippen LogP contribution is 2.26. The molecule has 3 aromatic rings. The highest BCUT2D eigenvalue weighted by atomic mass is 16.5. The van der Waals surface area contributed by atoms with Crippen molar-refractivity contribution in [2.45, 2.75) is 19.4 Å². The molecule has 1 aromatic carbocycles. The van der Waals surface area contributed by atoms with Crippen molar-refractivity contribution < 1.29 is 9.53 Å². The number of hydrogen-bond donors (Lipinski definition) is 1. The molecule has 30 heavy (non-hydrogen) atoms. The molecule has 0 saturated carbocycles. The van der Waals surface area contributed by atoms with Crippen LogP contribution in [0.1, 0.15) is 34.5 Å². The fourth-order valence-corrected chi connectivity index (χ4v) is 3.73. The maximum atomic E-state index is 13.2. The second-order valence-electron chi connectivity index (χ2n) is 7.49. The van der Waals surface area contributed by atoms with Crippen LogP contribution in [-0.4, -0.2) is 73.5 Å². The molecule has 0 bridgehead atoms. The number of nitrogens with one attached hydrogen (secondary N) is 1. The van der Waals surface area contributed by atoms with Gasteiger partial charge in [-0.25, -0.2) is 4.98 Å². The zero-order valence-electron chi connectivity index (χ0n) is 17.4. The number of rotatable bonds is 6. The minimum atomic E-state index is -0.178. The molecule has 1 saturated heterocycles. The number of carbonyl (C=O) groups excluding carboxylic acids is 1. The summed E-state index contributed by atoms with van der Waals surface area (Å²) in [6, 6.07) is 9.64. The molecule has 0 spiro atoms. The first-order chi connectivity index (χ1) is 14.6. The molecular weight excluding hydrogens is 382 g/mol. The Kier molecular flexibility index (Phi) is 6.08. The Morgan fingerprint density at radius 3 is 2.77 bits per heavy atom. The fraction of sp³-hybridized carbons (Fsp3) is 0.429. The molecule has 0 aliphatic carbocycles. The van der Waals surface area contributed by atoms with Gasteiger partial charge in [-0.15, -0.1) is 0 Å². The van der Waals surface area contributed by atoms with Crippen molar-refractivity contribution in [1.82, 2.24) is 34.8 Å². The molecule has 0 radical (unpaired) electrons. The molecule has 3 heterocycles. The molecule has 2 aromatic heterocycles. The molecular formula is C21H27N7O2. The Balaban J connectivity index is 1.45. The SMILES string of the molecule is Cc1nc(C2CCN(CCOc3ccccc3)CCN2C(=O)c2cnn(C)c2)n[nH]1. The number of carbonyl (C=O) groups is 1. The summed E-state index contributed by atoms with van der Waals surface area (Å²) in [5, 5.41) is 11.4. The lowest BCUT2D eigenvalue weighted by atomic mass is 10.1. The van der Waals surface area contributed by atoms with Gasteiger partial charge in [0.05, 0.1) is 17.8 Å². The van der Waals surface area contributed by atoms with Crippen LogP contribution >= 0.6 is 0 Å². The molecule has 1 aliphatic heterocycles.